The summed E-state index contributed by atoms with van der Waals surface area (Å²) in [5.41, 5.74) is 8.51. The molecule has 0 heterocycles. The molecule has 0 aliphatic heterocycles. The lowest BCUT2D eigenvalue weighted by molar-refractivity contribution is -0.274. The number of hydrogen-bond donors (Lipinski definition) is 1. The zero-order chi connectivity index (χ0) is 15.6. The summed E-state index contributed by atoms with van der Waals surface area (Å²) in [4.78, 5) is 0. The van der Waals surface area contributed by atoms with E-state index in [4.69, 9.17) is 5.73 Å². The number of ether oxygens (including phenoxy) is 1. The molecule has 112 valence electrons. The van der Waals surface area contributed by atoms with Crippen molar-refractivity contribution in [2.45, 2.75) is 19.3 Å². The molecule has 21 heavy (non-hydrogen) atoms. The average molecular weight is 360 g/mol. The Labute approximate surface area is 128 Å². The average Bonchev–Trinajstić information content (AvgIpc) is 2.39. The summed E-state index contributed by atoms with van der Waals surface area (Å²) in [7, 11) is 0. The molecular weight excluding hydrogens is 347 g/mol. The Hall–Kier alpha value is -1.53. The van der Waals surface area contributed by atoms with Crippen molar-refractivity contribution in [3.05, 3.63) is 63.6 Å². The van der Waals surface area contributed by atoms with Crippen LogP contribution in [0, 0.1) is 6.92 Å². The van der Waals surface area contributed by atoms with Gasteiger partial charge in [-0.1, -0.05) is 40.2 Å². The molecule has 2 nitrogen and oxygen atoms in total. The van der Waals surface area contributed by atoms with Gasteiger partial charge < -0.3 is 10.5 Å². The molecule has 1 unspecified atom stereocenters. The standard InChI is InChI=1S/C15H13BrF3NO/c1-9-12(6-3-7-13(9)16)14(20)10-4-2-5-11(8-10)21-15(17,18)19/h2-8,14H,20H2,1H3. The third kappa shape index (κ3) is 3.98. The maximum absolute atomic E-state index is 12.3. The summed E-state index contributed by atoms with van der Waals surface area (Å²) in [6, 6.07) is 10.8. The van der Waals surface area contributed by atoms with Gasteiger partial charge in [-0.25, -0.2) is 0 Å². The first-order chi connectivity index (χ1) is 9.78. The highest BCUT2D eigenvalue weighted by Gasteiger charge is 2.31. The Morgan fingerprint density at radius 3 is 2.48 bits per heavy atom. The Morgan fingerprint density at radius 2 is 1.81 bits per heavy atom. The molecule has 1 atom stereocenters. The van der Waals surface area contributed by atoms with Crippen LogP contribution in [0.15, 0.2) is 46.9 Å². The molecule has 0 saturated carbocycles. The molecule has 0 aliphatic carbocycles. The van der Waals surface area contributed by atoms with Crippen LogP contribution < -0.4 is 10.5 Å². The Bertz CT molecular complexity index is 643. The van der Waals surface area contributed by atoms with Gasteiger partial charge in [0.05, 0.1) is 6.04 Å². The molecule has 0 spiro atoms. The highest BCUT2D eigenvalue weighted by atomic mass is 79.9. The van der Waals surface area contributed by atoms with Crippen molar-refractivity contribution in [1.29, 1.82) is 0 Å². The molecule has 2 aromatic carbocycles. The second kappa shape index (κ2) is 6.07. The van der Waals surface area contributed by atoms with E-state index in [0.29, 0.717) is 5.56 Å². The van der Waals surface area contributed by atoms with Crippen molar-refractivity contribution in [3.63, 3.8) is 0 Å². The van der Waals surface area contributed by atoms with Crippen molar-refractivity contribution in [2.75, 3.05) is 0 Å². The second-order valence-electron chi connectivity index (χ2n) is 4.55. The van der Waals surface area contributed by atoms with E-state index < -0.39 is 12.4 Å². The van der Waals surface area contributed by atoms with E-state index >= 15 is 0 Å². The molecular formula is C15H13BrF3NO. The first-order valence-electron chi connectivity index (χ1n) is 6.14. The number of rotatable bonds is 3. The highest BCUT2D eigenvalue weighted by Crippen LogP contribution is 2.30. The normalized spacial score (nSPS) is 13.0. The molecule has 2 N–H and O–H groups in total. The zero-order valence-electron chi connectivity index (χ0n) is 11.1. The molecule has 0 aromatic heterocycles. The second-order valence-corrected chi connectivity index (χ2v) is 5.41. The SMILES string of the molecule is Cc1c(Br)cccc1C(N)c1cccc(OC(F)(F)F)c1. The van der Waals surface area contributed by atoms with Crippen LogP contribution in [0.3, 0.4) is 0 Å². The van der Waals surface area contributed by atoms with Crippen LogP contribution in [-0.2, 0) is 0 Å². The summed E-state index contributed by atoms with van der Waals surface area (Å²) < 4.78 is 41.6. The van der Waals surface area contributed by atoms with Crippen LogP contribution in [0.1, 0.15) is 22.7 Å². The molecule has 0 amide bonds. The van der Waals surface area contributed by atoms with Crippen LogP contribution >= 0.6 is 15.9 Å². The van der Waals surface area contributed by atoms with E-state index in [1.54, 1.807) is 6.07 Å². The fourth-order valence-corrected chi connectivity index (χ4v) is 2.43. The minimum atomic E-state index is -4.71. The maximum Gasteiger partial charge on any atom is 0.573 e. The molecule has 2 rings (SSSR count). The summed E-state index contributed by atoms with van der Waals surface area (Å²) in [6.45, 7) is 1.90. The van der Waals surface area contributed by atoms with Crippen LogP contribution in [0.25, 0.3) is 0 Å². The smallest absolute Gasteiger partial charge is 0.406 e. The van der Waals surface area contributed by atoms with Gasteiger partial charge in [-0.05, 0) is 41.8 Å². The van der Waals surface area contributed by atoms with E-state index in [1.165, 1.54) is 18.2 Å². The number of nitrogens with two attached hydrogens (primary N) is 1. The monoisotopic (exact) mass is 359 g/mol. The predicted octanol–water partition coefficient (Wildman–Crippen LogP) is 4.70. The lowest BCUT2D eigenvalue weighted by Crippen LogP contribution is -2.18. The Morgan fingerprint density at radius 1 is 1.14 bits per heavy atom. The maximum atomic E-state index is 12.3. The lowest BCUT2D eigenvalue weighted by Gasteiger charge is -2.17. The fourth-order valence-electron chi connectivity index (χ4n) is 2.05. The molecule has 0 saturated heterocycles. The number of benzene rings is 2. The minimum absolute atomic E-state index is 0.275. The third-order valence-electron chi connectivity index (χ3n) is 3.10. The first kappa shape index (κ1) is 15.9. The topological polar surface area (TPSA) is 35.2 Å². The van der Waals surface area contributed by atoms with Crippen LogP contribution in [0.4, 0.5) is 13.2 Å². The van der Waals surface area contributed by atoms with Gasteiger partial charge in [0.15, 0.2) is 0 Å². The Balaban J connectivity index is 2.33. The fraction of sp³-hybridized carbons (Fsp3) is 0.200. The largest absolute Gasteiger partial charge is 0.573 e. The van der Waals surface area contributed by atoms with Gasteiger partial charge in [-0.3, -0.25) is 0 Å². The third-order valence-corrected chi connectivity index (χ3v) is 3.95. The van der Waals surface area contributed by atoms with E-state index in [-0.39, 0.29) is 5.75 Å². The predicted molar refractivity (Wildman–Crippen MR) is 78.0 cm³/mol. The number of hydrogen-bond acceptors (Lipinski definition) is 2. The van der Waals surface area contributed by atoms with Gasteiger partial charge in [-0.2, -0.15) is 0 Å². The summed E-state index contributed by atoms with van der Waals surface area (Å²) in [5, 5.41) is 0. The van der Waals surface area contributed by atoms with Gasteiger partial charge in [0.25, 0.3) is 0 Å². The van der Waals surface area contributed by atoms with E-state index in [0.717, 1.165) is 15.6 Å². The van der Waals surface area contributed by atoms with Crippen molar-refractivity contribution in [3.8, 4) is 5.75 Å². The highest BCUT2D eigenvalue weighted by molar-refractivity contribution is 9.10. The Kier molecular flexibility index (Phi) is 4.58. The zero-order valence-corrected chi connectivity index (χ0v) is 12.7. The first-order valence-corrected chi connectivity index (χ1v) is 6.93. The molecule has 0 radical (unpaired) electrons. The van der Waals surface area contributed by atoms with Gasteiger partial charge in [0.2, 0.25) is 0 Å². The van der Waals surface area contributed by atoms with Crippen molar-refractivity contribution in [1.82, 2.24) is 0 Å². The van der Waals surface area contributed by atoms with Gasteiger partial charge in [0.1, 0.15) is 5.75 Å². The van der Waals surface area contributed by atoms with Crippen LogP contribution in [0.5, 0.6) is 5.75 Å². The van der Waals surface area contributed by atoms with Crippen LogP contribution in [0.2, 0.25) is 0 Å². The van der Waals surface area contributed by atoms with E-state index in [9.17, 15) is 13.2 Å². The van der Waals surface area contributed by atoms with Gasteiger partial charge in [0, 0.05) is 4.47 Å². The minimum Gasteiger partial charge on any atom is -0.406 e. The van der Waals surface area contributed by atoms with Gasteiger partial charge >= 0.3 is 6.36 Å². The quantitative estimate of drug-likeness (QED) is 0.861. The van der Waals surface area contributed by atoms with Crippen molar-refractivity contribution >= 4 is 15.9 Å². The number of halogens is 4. The van der Waals surface area contributed by atoms with Crippen LogP contribution in [-0.4, -0.2) is 6.36 Å². The summed E-state index contributed by atoms with van der Waals surface area (Å²) in [5.74, 6) is -0.275. The molecule has 0 fully saturated rings. The molecule has 2 aromatic rings. The molecule has 0 aliphatic rings. The van der Waals surface area contributed by atoms with E-state index in [1.807, 2.05) is 25.1 Å². The lowest BCUT2D eigenvalue weighted by atomic mass is 9.96. The molecule has 0 bridgehead atoms. The summed E-state index contributed by atoms with van der Waals surface area (Å²) in [6.07, 6.45) is -4.71. The van der Waals surface area contributed by atoms with Crippen molar-refractivity contribution < 1.29 is 17.9 Å². The molecule has 6 heteroatoms. The summed E-state index contributed by atoms with van der Waals surface area (Å²) >= 11 is 3.41. The van der Waals surface area contributed by atoms with E-state index in [2.05, 4.69) is 20.7 Å². The van der Waals surface area contributed by atoms with Crippen molar-refractivity contribution in [2.24, 2.45) is 5.73 Å². The number of alkyl halides is 3. The van der Waals surface area contributed by atoms with Gasteiger partial charge in [-0.15, -0.1) is 13.2 Å².